The third-order valence-electron chi connectivity index (χ3n) is 5.32. The van der Waals surface area contributed by atoms with Crippen LogP contribution in [0.1, 0.15) is 52.0 Å². The van der Waals surface area contributed by atoms with Gasteiger partial charge < -0.3 is 19.5 Å². The van der Waals surface area contributed by atoms with Crippen molar-refractivity contribution in [2.24, 2.45) is 12.5 Å². The highest BCUT2D eigenvalue weighted by molar-refractivity contribution is 5.68. The first-order chi connectivity index (χ1) is 11.2. The highest BCUT2D eigenvalue weighted by Gasteiger charge is 2.46. The van der Waals surface area contributed by atoms with Crippen LogP contribution in [0.5, 0.6) is 0 Å². The van der Waals surface area contributed by atoms with Crippen molar-refractivity contribution in [3.63, 3.8) is 0 Å². The molecule has 1 N–H and O–H groups in total. The molecular formula is C19H31N3O2. The van der Waals surface area contributed by atoms with E-state index in [0.717, 1.165) is 32.5 Å². The van der Waals surface area contributed by atoms with Crippen molar-refractivity contribution in [1.82, 2.24) is 14.8 Å². The van der Waals surface area contributed by atoms with E-state index in [4.69, 9.17) is 4.74 Å². The van der Waals surface area contributed by atoms with Gasteiger partial charge in [0.25, 0.3) is 0 Å². The van der Waals surface area contributed by atoms with Crippen LogP contribution < -0.4 is 5.32 Å². The molecule has 0 bridgehead atoms. The molecule has 5 heteroatoms. The number of hydrogen-bond donors (Lipinski definition) is 1. The van der Waals surface area contributed by atoms with E-state index in [2.05, 4.69) is 35.4 Å². The van der Waals surface area contributed by atoms with Crippen LogP contribution in [0, 0.1) is 5.41 Å². The molecule has 1 saturated heterocycles. The summed E-state index contributed by atoms with van der Waals surface area (Å²) in [6.07, 6.45) is 8.79. The number of aromatic nitrogens is 1. The fourth-order valence-electron chi connectivity index (χ4n) is 3.96. The van der Waals surface area contributed by atoms with Crippen LogP contribution in [0.25, 0.3) is 0 Å². The molecule has 1 spiro atoms. The van der Waals surface area contributed by atoms with Gasteiger partial charge in [-0.25, -0.2) is 4.79 Å². The van der Waals surface area contributed by atoms with E-state index in [1.165, 1.54) is 18.4 Å². The van der Waals surface area contributed by atoms with E-state index in [-0.39, 0.29) is 6.09 Å². The third-order valence-corrected chi connectivity index (χ3v) is 5.32. The smallest absolute Gasteiger partial charge is 0.410 e. The van der Waals surface area contributed by atoms with Gasteiger partial charge in [0.05, 0.1) is 0 Å². The van der Waals surface area contributed by atoms with Crippen molar-refractivity contribution in [3.8, 4) is 0 Å². The second kappa shape index (κ2) is 6.43. The van der Waals surface area contributed by atoms with Crippen molar-refractivity contribution in [2.45, 2.75) is 64.6 Å². The summed E-state index contributed by atoms with van der Waals surface area (Å²) >= 11 is 0. The number of rotatable bonds is 3. The normalized spacial score (nSPS) is 20.9. The molecule has 24 heavy (non-hydrogen) atoms. The lowest BCUT2D eigenvalue weighted by molar-refractivity contribution is -0.0164. The fraction of sp³-hybridized carbons (Fsp3) is 0.737. The Bertz CT molecular complexity index is 572. The monoisotopic (exact) mass is 333 g/mol. The zero-order chi connectivity index (χ0) is 17.4. The van der Waals surface area contributed by atoms with Crippen molar-refractivity contribution < 1.29 is 9.53 Å². The summed E-state index contributed by atoms with van der Waals surface area (Å²) < 4.78 is 7.57. The summed E-state index contributed by atoms with van der Waals surface area (Å²) in [7, 11) is 2.06. The van der Waals surface area contributed by atoms with Gasteiger partial charge in [0.15, 0.2) is 0 Å². The largest absolute Gasteiger partial charge is 0.444 e. The molecular weight excluding hydrogens is 302 g/mol. The van der Waals surface area contributed by atoms with Gasteiger partial charge in [0, 0.05) is 45.1 Å². The Labute approximate surface area is 145 Å². The average Bonchev–Trinajstić information content (AvgIpc) is 2.87. The number of carbonyl (C=O) groups is 1. The van der Waals surface area contributed by atoms with E-state index < -0.39 is 5.60 Å². The second-order valence-electron chi connectivity index (χ2n) is 8.64. The maximum absolute atomic E-state index is 12.1. The van der Waals surface area contributed by atoms with Crippen LogP contribution in [0.2, 0.25) is 0 Å². The first-order valence-electron chi connectivity index (χ1n) is 9.07. The number of carbonyl (C=O) groups excluding carboxylic acids is 1. The van der Waals surface area contributed by atoms with Gasteiger partial charge in [0.1, 0.15) is 5.60 Å². The van der Waals surface area contributed by atoms with Gasteiger partial charge in [-0.1, -0.05) is 0 Å². The molecule has 2 aliphatic rings. The highest BCUT2D eigenvalue weighted by Crippen LogP contribution is 2.49. The number of likely N-dealkylation sites (tertiary alicyclic amines) is 1. The minimum Gasteiger partial charge on any atom is -0.444 e. The van der Waals surface area contributed by atoms with Gasteiger partial charge in [-0.3, -0.25) is 0 Å². The minimum atomic E-state index is -0.408. The molecule has 1 aliphatic heterocycles. The zero-order valence-corrected chi connectivity index (χ0v) is 15.5. The van der Waals surface area contributed by atoms with E-state index in [1.807, 2.05) is 25.7 Å². The van der Waals surface area contributed by atoms with Crippen LogP contribution in [-0.2, 0) is 18.3 Å². The van der Waals surface area contributed by atoms with Crippen molar-refractivity contribution in [2.75, 3.05) is 13.1 Å². The van der Waals surface area contributed by atoms with E-state index in [9.17, 15) is 4.79 Å². The third kappa shape index (κ3) is 4.12. The van der Waals surface area contributed by atoms with Crippen LogP contribution in [-0.4, -0.2) is 40.3 Å². The zero-order valence-electron chi connectivity index (χ0n) is 15.5. The average molecular weight is 333 g/mol. The number of hydrogen-bond acceptors (Lipinski definition) is 3. The molecule has 2 fully saturated rings. The molecule has 2 heterocycles. The first kappa shape index (κ1) is 17.3. The number of amides is 1. The fourth-order valence-corrected chi connectivity index (χ4v) is 3.96. The van der Waals surface area contributed by atoms with Crippen LogP contribution in [0.4, 0.5) is 4.79 Å². The minimum absolute atomic E-state index is 0.157. The van der Waals surface area contributed by atoms with Crippen LogP contribution >= 0.6 is 0 Å². The molecule has 1 aromatic heterocycles. The molecule has 1 saturated carbocycles. The lowest BCUT2D eigenvalue weighted by atomic mass is 9.60. The summed E-state index contributed by atoms with van der Waals surface area (Å²) in [6.45, 7) is 8.38. The number of aryl methyl sites for hydroxylation is 1. The molecule has 5 nitrogen and oxygen atoms in total. The SMILES string of the molecule is Cn1ccc(CNC2CC3(CCN(C(=O)OC(C)(C)C)CC3)C2)c1. The van der Waals surface area contributed by atoms with Gasteiger partial charge >= 0.3 is 6.09 Å². The van der Waals surface area contributed by atoms with E-state index >= 15 is 0 Å². The number of ether oxygens (including phenoxy) is 1. The highest BCUT2D eigenvalue weighted by atomic mass is 16.6. The lowest BCUT2D eigenvalue weighted by Crippen LogP contribution is -2.54. The molecule has 1 amide bonds. The van der Waals surface area contributed by atoms with E-state index in [1.54, 1.807) is 0 Å². The quantitative estimate of drug-likeness (QED) is 0.923. The van der Waals surface area contributed by atoms with Crippen molar-refractivity contribution >= 4 is 6.09 Å². The molecule has 0 atom stereocenters. The molecule has 3 rings (SSSR count). The molecule has 0 aromatic carbocycles. The summed E-state index contributed by atoms with van der Waals surface area (Å²) in [5.41, 5.74) is 1.39. The van der Waals surface area contributed by atoms with Crippen LogP contribution in [0.15, 0.2) is 18.5 Å². The Balaban J connectivity index is 1.39. The Morgan fingerprint density at radius 1 is 1.33 bits per heavy atom. The summed E-state index contributed by atoms with van der Waals surface area (Å²) in [6, 6.07) is 2.79. The lowest BCUT2D eigenvalue weighted by Gasteiger charge is -2.52. The maximum Gasteiger partial charge on any atom is 0.410 e. The number of piperidine rings is 1. The van der Waals surface area contributed by atoms with Gasteiger partial charge in [-0.2, -0.15) is 0 Å². The summed E-state index contributed by atoms with van der Waals surface area (Å²) in [4.78, 5) is 14.0. The molecule has 1 aromatic rings. The van der Waals surface area contributed by atoms with E-state index in [0.29, 0.717) is 11.5 Å². The van der Waals surface area contributed by atoms with Gasteiger partial charge in [-0.05, 0) is 63.5 Å². The summed E-state index contributed by atoms with van der Waals surface area (Å²) in [5.74, 6) is 0. The van der Waals surface area contributed by atoms with Gasteiger partial charge in [0.2, 0.25) is 0 Å². The molecule has 0 unspecified atom stereocenters. The van der Waals surface area contributed by atoms with Crippen LogP contribution in [0.3, 0.4) is 0 Å². The Morgan fingerprint density at radius 2 is 2.00 bits per heavy atom. The molecule has 0 radical (unpaired) electrons. The van der Waals surface area contributed by atoms with Gasteiger partial charge in [-0.15, -0.1) is 0 Å². The van der Waals surface area contributed by atoms with Crippen molar-refractivity contribution in [1.29, 1.82) is 0 Å². The predicted molar refractivity (Wildman–Crippen MR) is 94.7 cm³/mol. The molecule has 134 valence electrons. The number of nitrogens with one attached hydrogen (secondary N) is 1. The maximum atomic E-state index is 12.1. The Kier molecular flexibility index (Phi) is 4.65. The standard InChI is InChI=1S/C19H31N3O2/c1-18(2,3)24-17(23)22-9-6-19(7-10-22)11-16(12-19)20-13-15-5-8-21(4)14-15/h5,8,14,16,20H,6-7,9-13H2,1-4H3. The summed E-state index contributed by atoms with van der Waals surface area (Å²) in [5, 5.41) is 3.67. The van der Waals surface area contributed by atoms with Crippen molar-refractivity contribution in [3.05, 3.63) is 24.0 Å². The topological polar surface area (TPSA) is 46.5 Å². The number of nitrogens with zero attached hydrogens (tertiary/aromatic N) is 2. The molecule has 1 aliphatic carbocycles. The first-order valence-corrected chi connectivity index (χ1v) is 9.07. The Hall–Kier alpha value is -1.49. The predicted octanol–water partition coefficient (Wildman–Crippen LogP) is 3.29. The second-order valence-corrected chi connectivity index (χ2v) is 8.64. The Morgan fingerprint density at radius 3 is 2.54 bits per heavy atom.